The molecular formula is C23H37N3O. The molecule has 2 fully saturated rings. The SMILES string of the molecule is CN(C)c1ccc(CCC(=O)NC2CCCN(C3CCCCCC3)C2)cc1. The van der Waals surface area contributed by atoms with Gasteiger partial charge in [0.15, 0.2) is 0 Å². The highest BCUT2D eigenvalue weighted by atomic mass is 16.1. The molecule has 1 aliphatic heterocycles. The van der Waals surface area contributed by atoms with E-state index in [1.807, 2.05) is 14.1 Å². The van der Waals surface area contributed by atoms with Gasteiger partial charge in [0.05, 0.1) is 0 Å². The molecule has 2 aliphatic rings. The lowest BCUT2D eigenvalue weighted by Crippen LogP contribution is -2.50. The summed E-state index contributed by atoms with van der Waals surface area (Å²) in [6.07, 6.45) is 12.0. The molecule has 4 heteroatoms. The summed E-state index contributed by atoms with van der Waals surface area (Å²) in [6, 6.07) is 9.61. The van der Waals surface area contributed by atoms with Gasteiger partial charge in [-0.05, 0) is 56.3 Å². The van der Waals surface area contributed by atoms with Crippen LogP contribution in [0.25, 0.3) is 0 Å². The average molecular weight is 372 g/mol. The zero-order valence-electron chi connectivity index (χ0n) is 17.3. The number of amides is 1. The minimum atomic E-state index is 0.208. The molecule has 1 heterocycles. The minimum Gasteiger partial charge on any atom is -0.378 e. The summed E-state index contributed by atoms with van der Waals surface area (Å²) < 4.78 is 0. The molecule has 27 heavy (non-hydrogen) atoms. The number of carbonyl (C=O) groups excluding carboxylic acids is 1. The van der Waals surface area contributed by atoms with Crippen molar-refractivity contribution in [1.29, 1.82) is 0 Å². The molecule has 1 aromatic rings. The van der Waals surface area contributed by atoms with Crippen LogP contribution in [-0.2, 0) is 11.2 Å². The van der Waals surface area contributed by atoms with Crippen LogP contribution in [0.3, 0.4) is 0 Å². The molecule has 1 N–H and O–H groups in total. The van der Waals surface area contributed by atoms with Crippen LogP contribution in [0, 0.1) is 0 Å². The normalized spacial score (nSPS) is 22.2. The van der Waals surface area contributed by atoms with E-state index < -0.39 is 0 Å². The van der Waals surface area contributed by atoms with E-state index in [4.69, 9.17) is 0 Å². The van der Waals surface area contributed by atoms with Gasteiger partial charge >= 0.3 is 0 Å². The predicted molar refractivity (Wildman–Crippen MR) is 113 cm³/mol. The van der Waals surface area contributed by atoms with Crippen LogP contribution >= 0.6 is 0 Å². The average Bonchev–Trinajstić information content (AvgIpc) is 2.96. The number of aryl methyl sites for hydroxylation is 1. The Hall–Kier alpha value is -1.55. The number of hydrogen-bond donors (Lipinski definition) is 1. The number of nitrogens with zero attached hydrogens (tertiary/aromatic N) is 2. The van der Waals surface area contributed by atoms with Crippen molar-refractivity contribution in [2.45, 2.75) is 76.3 Å². The molecule has 4 nitrogen and oxygen atoms in total. The molecule has 0 aromatic heterocycles. The van der Waals surface area contributed by atoms with Crippen molar-refractivity contribution in [3.63, 3.8) is 0 Å². The van der Waals surface area contributed by atoms with Crippen LogP contribution in [0.2, 0.25) is 0 Å². The van der Waals surface area contributed by atoms with Crippen LogP contribution in [0.4, 0.5) is 5.69 Å². The molecule has 1 unspecified atom stereocenters. The number of benzene rings is 1. The molecule has 1 atom stereocenters. The fraction of sp³-hybridized carbons (Fsp3) is 0.696. The van der Waals surface area contributed by atoms with Crippen LogP contribution in [0.15, 0.2) is 24.3 Å². The van der Waals surface area contributed by atoms with E-state index >= 15 is 0 Å². The molecular weight excluding hydrogens is 334 g/mol. The Morgan fingerprint density at radius 3 is 2.41 bits per heavy atom. The Bertz CT molecular complexity index is 576. The molecule has 150 valence electrons. The lowest BCUT2D eigenvalue weighted by Gasteiger charge is -2.38. The highest BCUT2D eigenvalue weighted by Gasteiger charge is 2.27. The van der Waals surface area contributed by atoms with Gasteiger partial charge in [0.2, 0.25) is 5.91 Å². The van der Waals surface area contributed by atoms with E-state index in [-0.39, 0.29) is 5.91 Å². The predicted octanol–water partition coefficient (Wildman–Crippen LogP) is 3.99. The largest absolute Gasteiger partial charge is 0.378 e. The Balaban J connectivity index is 1.43. The number of anilines is 1. The lowest BCUT2D eigenvalue weighted by molar-refractivity contribution is -0.122. The van der Waals surface area contributed by atoms with Crippen molar-refractivity contribution in [2.75, 3.05) is 32.1 Å². The monoisotopic (exact) mass is 371 g/mol. The van der Waals surface area contributed by atoms with E-state index in [1.54, 1.807) is 0 Å². The summed E-state index contributed by atoms with van der Waals surface area (Å²) in [5.41, 5.74) is 2.43. The first-order valence-electron chi connectivity index (χ1n) is 10.9. The van der Waals surface area contributed by atoms with Gasteiger partial charge in [-0.3, -0.25) is 9.69 Å². The van der Waals surface area contributed by atoms with Crippen molar-refractivity contribution in [1.82, 2.24) is 10.2 Å². The third-order valence-electron chi connectivity index (χ3n) is 6.25. The van der Waals surface area contributed by atoms with Crippen molar-refractivity contribution in [3.05, 3.63) is 29.8 Å². The standard InChI is InChI=1S/C23H37N3O/c1-25(2)21-14-11-19(12-15-21)13-16-23(27)24-20-8-7-17-26(18-20)22-9-5-3-4-6-10-22/h11-12,14-15,20,22H,3-10,13,16-18H2,1-2H3,(H,24,27). The van der Waals surface area contributed by atoms with Crippen LogP contribution in [0.5, 0.6) is 0 Å². The van der Waals surface area contributed by atoms with E-state index in [9.17, 15) is 4.79 Å². The second kappa shape index (κ2) is 10.1. The highest BCUT2D eigenvalue weighted by Crippen LogP contribution is 2.24. The molecule has 1 saturated heterocycles. The molecule has 0 spiro atoms. The third-order valence-corrected chi connectivity index (χ3v) is 6.25. The summed E-state index contributed by atoms with van der Waals surface area (Å²) in [5.74, 6) is 0.208. The quantitative estimate of drug-likeness (QED) is 0.768. The van der Waals surface area contributed by atoms with Crippen LogP contribution < -0.4 is 10.2 Å². The van der Waals surface area contributed by atoms with E-state index in [2.05, 4.69) is 39.4 Å². The Labute approximate surface area is 165 Å². The van der Waals surface area contributed by atoms with Gasteiger partial charge in [0.25, 0.3) is 0 Å². The summed E-state index contributed by atoms with van der Waals surface area (Å²) in [5, 5.41) is 3.31. The maximum absolute atomic E-state index is 12.5. The zero-order valence-corrected chi connectivity index (χ0v) is 17.3. The smallest absolute Gasteiger partial charge is 0.220 e. The number of carbonyl (C=O) groups is 1. The summed E-state index contributed by atoms with van der Waals surface area (Å²) >= 11 is 0. The summed E-state index contributed by atoms with van der Waals surface area (Å²) in [7, 11) is 4.09. The fourth-order valence-corrected chi connectivity index (χ4v) is 4.60. The van der Waals surface area contributed by atoms with Gasteiger partial charge in [-0.25, -0.2) is 0 Å². The first-order chi connectivity index (χ1) is 13.1. The fourth-order valence-electron chi connectivity index (χ4n) is 4.60. The van der Waals surface area contributed by atoms with Crippen LogP contribution in [-0.4, -0.2) is 50.1 Å². The molecule has 1 aliphatic carbocycles. The van der Waals surface area contributed by atoms with Crippen molar-refractivity contribution in [3.8, 4) is 0 Å². The summed E-state index contributed by atoms with van der Waals surface area (Å²) in [4.78, 5) is 17.2. The number of likely N-dealkylation sites (tertiary alicyclic amines) is 1. The van der Waals surface area contributed by atoms with E-state index in [0.717, 1.165) is 25.4 Å². The second-order valence-corrected chi connectivity index (χ2v) is 8.61. The van der Waals surface area contributed by atoms with Gasteiger partial charge < -0.3 is 10.2 Å². The number of rotatable bonds is 6. The summed E-state index contributed by atoms with van der Waals surface area (Å²) in [6.45, 7) is 2.27. The lowest BCUT2D eigenvalue weighted by atomic mass is 9.99. The Kier molecular flexibility index (Phi) is 7.57. The van der Waals surface area contributed by atoms with Gasteiger partial charge in [-0.2, -0.15) is 0 Å². The third kappa shape index (κ3) is 6.24. The molecule has 1 aromatic carbocycles. The number of hydrogen-bond acceptors (Lipinski definition) is 3. The van der Waals surface area contributed by atoms with Crippen molar-refractivity contribution in [2.24, 2.45) is 0 Å². The van der Waals surface area contributed by atoms with Crippen LogP contribution in [0.1, 0.15) is 63.4 Å². The number of nitrogens with one attached hydrogen (secondary N) is 1. The topological polar surface area (TPSA) is 35.6 Å². The molecule has 0 bridgehead atoms. The Morgan fingerprint density at radius 1 is 1.04 bits per heavy atom. The van der Waals surface area contributed by atoms with Gasteiger partial charge in [-0.1, -0.05) is 37.8 Å². The molecule has 1 saturated carbocycles. The molecule has 3 rings (SSSR count). The Morgan fingerprint density at radius 2 is 1.74 bits per heavy atom. The van der Waals surface area contributed by atoms with Gasteiger partial charge in [0, 0.05) is 44.8 Å². The van der Waals surface area contributed by atoms with E-state index in [1.165, 1.54) is 62.7 Å². The maximum atomic E-state index is 12.5. The van der Waals surface area contributed by atoms with Crippen molar-refractivity contribution >= 4 is 11.6 Å². The highest BCUT2D eigenvalue weighted by molar-refractivity contribution is 5.76. The van der Waals surface area contributed by atoms with Gasteiger partial charge in [-0.15, -0.1) is 0 Å². The maximum Gasteiger partial charge on any atom is 0.220 e. The van der Waals surface area contributed by atoms with Crippen molar-refractivity contribution < 1.29 is 4.79 Å². The first-order valence-corrected chi connectivity index (χ1v) is 10.9. The first kappa shape index (κ1) is 20.2. The molecule has 1 amide bonds. The molecule has 0 radical (unpaired) electrons. The zero-order chi connectivity index (χ0) is 19.1. The van der Waals surface area contributed by atoms with Gasteiger partial charge in [0.1, 0.15) is 0 Å². The number of piperidine rings is 1. The minimum absolute atomic E-state index is 0.208. The van der Waals surface area contributed by atoms with E-state index in [0.29, 0.717) is 12.5 Å². The second-order valence-electron chi connectivity index (χ2n) is 8.61.